The van der Waals surface area contributed by atoms with Crippen molar-refractivity contribution in [3.63, 3.8) is 0 Å². The third-order valence-electron chi connectivity index (χ3n) is 2.46. The zero-order chi connectivity index (χ0) is 11.7. The van der Waals surface area contributed by atoms with Crippen LogP contribution in [-0.4, -0.2) is 4.57 Å². The van der Waals surface area contributed by atoms with E-state index in [0.29, 0.717) is 12.1 Å². The minimum absolute atomic E-state index is 0.0768. The molecule has 0 saturated carbocycles. The molecular weight excluding hydrogens is 228 g/mol. The van der Waals surface area contributed by atoms with Crippen LogP contribution in [0.15, 0.2) is 27.4 Å². The van der Waals surface area contributed by atoms with Crippen LogP contribution in [0.3, 0.4) is 0 Å². The zero-order valence-corrected chi connectivity index (χ0v) is 9.91. The first-order valence-electron chi connectivity index (χ1n) is 5.11. The normalized spacial score (nSPS) is 11.5. The van der Waals surface area contributed by atoms with Crippen LogP contribution in [0.5, 0.6) is 0 Å². The van der Waals surface area contributed by atoms with E-state index in [1.165, 1.54) is 0 Å². The van der Waals surface area contributed by atoms with Crippen molar-refractivity contribution in [3.8, 4) is 0 Å². The minimum atomic E-state index is -0.319. The van der Waals surface area contributed by atoms with Crippen LogP contribution in [0.4, 0.5) is 0 Å². The van der Waals surface area contributed by atoms with Gasteiger partial charge in [-0.2, -0.15) is 0 Å². The standard InChI is InChI=1S/C11H13ClN2O2/c1-7(2)14-9-5-8(6-13-12)3-4-10(9)16-11(14)15/h3-5,7,13H,6H2,1-2H3. The van der Waals surface area contributed by atoms with Crippen LogP contribution in [0.25, 0.3) is 11.1 Å². The maximum Gasteiger partial charge on any atom is 0.420 e. The quantitative estimate of drug-likeness (QED) is 0.839. The number of benzene rings is 1. The van der Waals surface area contributed by atoms with Crippen molar-refractivity contribution in [1.82, 2.24) is 9.40 Å². The Morgan fingerprint density at radius 2 is 2.25 bits per heavy atom. The Kier molecular flexibility index (Phi) is 3.03. The van der Waals surface area contributed by atoms with Gasteiger partial charge in [0, 0.05) is 12.6 Å². The van der Waals surface area contributed by atoms with Crippen LogP contribution in [-0.2, 0) is 6.54 Å². The minimum Gasteiger partial charge on any atom is -0.408 e. The van der Waals surface area contributed by atoms with Gasteiger partial charge in [-0.3, -0.25) is 4.57 Å². The molecule has 1 aromatic carbocycles. The lowest BCUT2D eigenvalue weighted by molar-refractivity contribution is 0.478. The summed E-state index contributed by atoms with van der Waals surface area (Å²) in [5.74, 6) is -0.319. The molecule has 0 atom stereocenters. The maximum atomic E-state index is 11.6. The lowest BCUT2D eigenvalue weighted by atomic mass is 10.2. The molecule has 1 heterocycles. The summed E-state index contributed by atoms with van der Waals surface area (Å²) >= 11 is 5.45. The Labute approximate surface area is 97.9 Å². The second-order valence-electron chi connectivity index (χ2n) is 3.94. The Bertz CT molecular complexity index is 557. The number of hydrogen-bond donors (Lipinski definition) is 1. The van der Waals surface area contributed by atoms with Gasteiger partial charge in [0.1, 0.15) is 0 Å². The second kappa shape index (κ2) is 4.31. The van der Waals surface area contributed by atoms with Crippen molar-refractivity contribution in [1.29, 1.82) is 0 Å². The molecular formula is C11H13ClN2O2. The number of nitrogens with zero attached hydrogens (tertiary/aromatic N) is 1. The average Bonchev–Trinajstić information content (AvgIpc) is 2.53. The highest BCUT2D eigenvalue weighted by Crippen LogP contribution is 2.18. The van der Waals surface area contributed by atoms with Crippen LogP contribution in [0.1, 0.15) is 25.5 Å². The molecule has 86 valence electrons. The van der Waals surface area contributed by atoms with Gasteiger partial charge in [-0.15, -0.1) is 0 Å². The molecule has 0 unspecified atom stereocenters. The SMILES string of the molecule is CC(C)n1c(=O)oc2ccc(CNCl)cc21. The van der Waals surface area contributed by atoms with E-state index in [0.717, 1.165) is 11.1 Å². The van der Waals surface area contributed by atoms with Crippen LogP contribution < -0.4 is 10.6 Å². The predicted molar refractivity (Wildman–Crippen MR) is 63.6 cm³/mol. The van der Waals surface area contributed by atoms with E-state index in [4.69, 9.17) is 16.2 Å². The van der Waals surface area contributed by atoms with Gasteiger partial charge in [-0.05, 0) is 43.3 Å². The van der Waals surface area contributed by atoms with Gasteiger partial charge >= 0.3 is 5.76 Å². The topological polar surface area (TPSA) is 47.2 Å². The molecule has 0 radical (unpaired) electrons. The van der Waals surface area contributed by atoms with E-state index in [-0.39, 0.29) is 11.8 Å². The first-order valence-corrected chi connectivity index (χ1v) is 5.48. The van der Waals surface area contributed by atoms with Crippen molar-refractivity contribution >= 4 is 22.9 Å². The lowest BCUT2D eigenvalue weighted by Gasteiger charge is -2.06. The molecule has 1 aromatic heterocycles. The maximum absolute atomic E-state index is 11.6. The molecule has 1 N–H and O–H groups in total. The van der Waals surface area contributed by atoms with E-state index in [2.05, 4.69) is 4.84 Å². The monoisotopic (exact) mass is 240 g/mol. The summed E-state index contributed by atoms with van der Waals surface area (Å²) in [5.41, 5.74) is 2.43. The number of hydrogen-bond acceptors (Lipinski definition) is 3. The summed E-state index contributed by atoms with van der Waals surface area (Å²) < 4.78 is 6.78. The molecule has 0 aliphatic rings. The predicted octanol–water partition coefficient (Wildman–Crippen LogP) is 2.42. The zero-order valence-electron chi connectivity index (χ0n) is 9.16. The Balaban J connectivity index is 2.65. The van der Waals surface area contributed by atoms with Gasteiger partial charge in [-0.25, -0.2) is 9.63 Å². The van der Waals surface area contributed by atoms with Crippen molar-refractivity contribution in [3.05, 3.63) is 34.3 Å². The fraction of sp³-hybridized carbons (Fsp3) is 0.364. The molecule has 0 aliphatic heterocycles. The first kappa shape index (κ1) is 11.2. The van der Waals surface area contributed by atoms with Crippen molar-refractivity contribution in [2.24, 2.45) is 0 Å². The average molecular weight is 241 g/mol. The molecule has 5 heteroatoms. The van der Waals surface area contributed by atoms with Crippen molar-refractivity contribution < 1.29 is 4.42 Å². The highest BCUT2D eigenvalue weighted by Gasteiger charge is 2.11. The molecule has 2 aromatic rings. The number of aromatic nitrogens is 1. The third-order valence-corrected chi connectivity index (χ3v) is 2.60. The van der Waals surface area contributed by atoms with Crippen LogP contribution in [0, 0.1) is 0 Å². The van der Waals surface area contributed by atoms with Crippen molar-refractivity contribution in [2.75, 3.05) is 0 Å². The van der Waals surface area contributed by atoms with Gasteiger partial charge in [0.05, 0.1) is 5.52 Å². The van der Waals surface area contributed by atoms with Crippen LogP contribution in [0.2, 0.25) is 0 Å². The van der Waals surface area contributed by atoms with Gasteiger partial charge in [0.2, 0.25) is 0 Å². The largest absolute Gasteiger partial charge is 0.420 e. The molecule has 0 saturated heterocycles. The Hall–Kier alpha value is -1.26. The molecule has 0 fully saturated rings. The number of fused-ring (bicyclic) bond motifs is 1. The Morgan fingerprint density at radius 3 is 2.88 bits per heavy atom. The third kappa shape index (κ3) is 1.86. The fourth-order valence-electron chi connectivity index (χ4n) is 1.76. The van der Waals surface area contributed by atoms with E-state index >= 15 is 0 Å². The summed E-state index contributed by atoms with van der Waals surface area (Å²) in [6.07, 6.45) is 0. The first-order chi connectivity index (χ1) is 7.63. The molecule has 0 spiro atoms. The smallest absolute Gasteiger partial charge is 0.408 e. The van der Waals surface area contributed by atoms with Gasteiger partial charge in [0.15, 0.2) is 5.58 Å². The number of oxazole rings is 1. The summed E-state index contributed by atoms with van der Waals surface area (Å²) in [7, 11) is 0. The Morgan fingerprint density at radius 1 is 1.50 bits per heavy atom. The highest BCUT2D eigenvalue weighted by molar-refractivity contribution is 6.13. The molecule has 0 aliphatic carbocycles. The number of halogens is 1. The molecule has 16 heavy (non-hydrogen) atoms. The number of nitrogens with one attached hydrogen (secondary N) is 1. The summed E-state index contributed by atoms with van der Waals surface area (Å²) in [6, 6.07) is 5.66. The van der Waals surface area contributed by atoms with E-state index in [1.807, 2.05) is 26.0 Å². The summed E-state index contributed by atoms with van der Waals surface area (Å²) in [6.45, 7) is 4.45. The van der Waals surface area contributed by atoms with E-state index < -0.39 is 0 Å². The van der Waals surface area contributed by atoms with Gasteiger partial charge in [-0.1, -0.05) is 6.07 Å². The molecule has 2 rings (SSSR count). The van der Waals surface area contributed by atoms with E-state index in [9.17, 15) is 4.79 Å². The van der Waals surface area contributed by atoms with E-state index in [1.54, 1.807) is 10.6 Å². The molecule has 4 nitrogen and oxygen atoms in total. The highest BCUT2D eigenvalue weighted by atomic mass is 35.5. The fourth-order valence-corrected chi connectivity index (χ4v) is 1.91. The van der Waals surface area contributed by atoms with Gasteiger partial charge < -0.3 is 4.42 Å². The summed E-state index contributed by atoms with van der Waals surface area (Å²) in [4.78, 5) is 14.2. The van der Waals surface area contributed by atoms with Crippen molar-refractivity contribution in [2.45, 2.75) is 26.4 Å². The molecule has 0 bridgehead atoms. The van der Waals surface area contributed by atoms with Crippen LogP contribution >= 0.6 is 11.8 Å². The summed E-state index contributed by atoms with van der Waals surface area (Å²) in [5, 5.41) is 0. The lowest BCUT2D eigenvalue weighted by Crippen LogP contribution is -2.16. The van der Waals surface area contributed by atoms with Gasteiger partial charge in [0.25, 0.3) is 0 Å². The molecule has 0 amide bonds. The number of rotatable bonds is 3. The second-order valence-corrected chi connectivity index (χ2v) is 4.21.